The van der Waals surface area contributed by atoms with Gasteiger partial charge in [0.05, 0.1) is 22.7 Å². The third kappa shape index (κ3) is 5.28. The molecule has 0 bridgehead atoms. The number of carboxylic acid groups (broad SMARTS) is 1. The van der Waals surface area contributed by atoms with E-state index in [2.05, 4.69) is 0 Å². The van der Waals surface area contributed by atoms with E-state index in [0.717, 1.165) is 11.1 Å². The number of carbonyl (C=O) groups is 2. The van der Waals surface area contributed by atoms with Crippen LogP contribution in [-0.2, 0) is 16.1 Å². The molecule has 0 aliphatic carbocycles. The third-order valence-electron chi connectivity index (χ3n) is 5.00. The number of piperidine rings is 1. The molecule has 0 saturated carbocycles. The number of rotatable bonds is 6. The Bertz CT molecular complexity index is 858. The fourth-order valence-corrected chi connectivity index (χ4v) is 3.84. The predicted molar refractivity (Wildman–Crippen MR) is 109 cm³/mol. The standard InChI is InChI=1S/C22H24ClNO5/c1-2-28-17-10-11-24(22(27)29-14-15-6-4-3-5-7-15)20(13-17)16-8-9-18(21(25)26)19(23)12-16/h3-9,12,17,20H,2,10-11,13-14H2,1H3,(H,25,26). The molecule has 3 rings (SSSR count). The van der Waals surface area contributed by atoms with Gasteiger partial charge in [0.1, 0.15) is 6.61 Å². The van der Waals surface area contributed by atoms with Crippen molar-refractivity contribution in [3.63, 3.8) is 0 Å². The fraction of sp³-hybridized carbons (Fsp3) is 0.364. The highest BCUT2D eigenvalue weighted by Crippen LogP contribution is 2.35. The Morgan fingerprint density at radius 2 is 1.97 bits per heavy atom. The van der Waals surface area contributed by atoms with Crippen molar-refractivity contribution in [2.45, 2.75) is 38.5 Å². The van der Waals surface area contributed by atoms with E-state index in [-0.39, 0.29) is 29.3 Å². The number of nitrogens with zero attached hydrogens (tertiary/aromatic N) is 1. The summed E-state index contributed by atoms with van der Waals surface area (Å²) in [5, 5.41) is 9.35. The summed E-state index contributed by atoms with van der Waals surface area (Å²) in [4.78, 5) is 25.7. The number of hydrogen-bond acceptors (Lipinski definition) is 4. The summed E-state index contributed by atoms with van der Waals surface area (Å²) in [5.74, 6) is -1.09. The highest BCUT2D eigenvalue weighted by atomic mass is 35.5. The molecule has 2 atom stereocenters. The van der Waals surface area contributed by atoms with E-state index in [9.17, 15) is 14.7 Å². The van der Waals surface area contributed by atoms with Crippen molar-refractivity contribution in [2.24, 2.45) is 0 Å². The Labute approximate surface area is 175 Å². The van der Waals surface area contributed by atoms with Gasteiger partial charge in [0.25, 0.3) is 0 Å². The SMILES string of the molecule is CCOC1CCN(C(=O)OCc2ccccc2)C(c2ccc(C(=O)O)c(Cl)c2)C1. The summed E-state index contributed by atoms with van der Waals surface area (Å²) in [5.41, 5.74) is 1.71. The Morgan fingerprint density at radius 3 is 2.62 bits per heavy atom. The summed E-state index contributed by atoms with van der Waals surface area (Å²) in [6.45, 7) is 3.21. The van der Waals surface area contributed by atoms with Gasteiger partial charge in [-0.1, -0.05) is 48.0 Å². The summed E-state index contributed by atoms with van der Waals surface area (Å²) < 4.78 is 11.3. The molecule has 2 aromatic carbocycles. The van der Waals surface area contributed by atoms with Gasteiger partial charge in [-0.05, 0) is 43.0 Å². The van der Waals surface area contributed by atoms with Crippen molar-refractivity contribution in [1.82, 2.24) is 4.90 Å². The van der Waals surface area contributed by atoms with E-state index in [1.807, 2.05) is 37.3 Å². The van der Waals surface area contributed by atoms with E-state index in [1.165, 1.54) is 6.07 Å². The zero-order valence-corrected chi connectivity index (χ0v) is 17.0. The zero-order chi connectivity index (χ0) is 20.8. The van der Waals surface area contributed by atoms with Gasteiger partial charge in [0, 0.05) is 13.2 Å². The molecule has 0 radical (unpaired) electrons. The molecule has 1 N–H and O–H groups in total. The monoisotopic (exact) mass is 417 g/mol. The van der Waals surface area contributed by atoms with Crippen molar-refractivity contribution in [1.29, 1.82) is 0 Å². The Morgan fingerprint density at radius 1 is 1.21 bits per heavy atom. The minimum Gasteiger partial charge on any atom is -0.478 e. The van der Waals surface area contributed by atoms with Crippen molar-refractivity contribution in [2.75, 3.05) is 13.2 Å². The molecule has 1 heterocycles. The first-order chi connectivity index (χ1) is 14.0. The van der Waals surface area contributed by atoms with Crippen LogP contribution < -0.4 is 0 Å². The highest BCUT2D eigenvalue weighted by molar-refractivity contribution is 6.33. The lowest BCUT2D eigenvalue weighted by Gasteiger charge is -2.39. The first-order valence-corrected chi connectivity index (χ1v) is 9.99. The highest BCUT2D eigenvalue weighted by Gasteiger charge is 2.34. The van der Waals surface area contributed by atoms with Crippen LogP contribution >= 0.6 is 11.6 Å². The van der Waals surface area contributed by atoms with Crippen molar-refractivity contribution >= 4 is 23.7 Å². The molecular formula is C22H24ClNO5. The van der Waals surface area contributed by atoms with Crippen LogP contribution in [0.3, 0.4) is 0 Å². The topological polar surface area (TPSA) is 76.1 Å². The number of amides is 1. The van der Waals surface area contributed by atoms with E-state index >= 15 is 0 Å². The second-order valence-corrected chi connectivity index (χ2v) is 7.30. The van der Waals surface area contributed by atoms with Gasteiger partial charge in [-0.15, -0.1) is 0 Å². The van der Waals surface area contributed by atoms with Crippen LogP contribution in [-0.4, -0.2) is 41.3 Å². The van der Waals surface area contributed by atoms with Crippen LogP contribution in [0.5, 0.6) is 0 Å². The van der Waals surface area contributed by atoms with Gasteiger partial charge in [0.2, 0.25) is 0 Å². The van der Waals surface area contributed by atoms with Gasteiger partial charge in [-0.2, -0.15) is 0 Å². The van der Waals surface area contributed by atoms with Crippen LogP contribution in [0.2, 0.25) is 5.02 Å². The molecule has 6 nitrogen and oxygen atoms in total. The van der Waals surface area contributed by atoms with Crippen LogP contribution in [0.4, 0.5) is 4.79 Å². The van der Waals surface area contributed by atoms with Gasteiger partial charge in [-0.25, -0.2) is 9.59 Å². The average molecular weight is 418 g/mol. The molecule has 1 fully saturated rings. The molecule has 1 aliphatic heterocycles. The molecule has 2 aromatic rings. The number of aromatic carboxylic acids is 1. The number of carboxylic acids is 1. The molecule has 154 valence electrons. The lowest BCUT2D eigenvalue weighted by Crippen LogP contribution is -2.43. The fourth-order valence-electron chi connectivity index (χ4n) is 3.57. The normalized spacial score (nSPS) is 19.0. The van der Waals surface area contributed by atoms with Crippen molar-refractivity contribution in [3.8, 4) is 0 Å². The quantitative estimate of drug-likeness (QED) is 0.722. The molecule has 0 aromatic heterocycles. The van der Waals surface area contributed by atoms with Gasteiger partial charge < -0.3 is 19.5 Å². The van der Waals surface area contributed by atoms with Crippen LogP contribution in [0, 0.1) is 0 Å². The molecule has 1 amide bonds. The lowest BCUT2D eigenvalue weighted by atomic mass is 9.93. The summed E-state index contributed by atoms with van der Waals surface area (Å²) >= 11 is 6.16. The largest absolute Gasteiger partial charge is 0.478 e. The molecule has 1 aliphatic rings. The zero-order valence-electron chi connectivity index (χ0n) is 16.2. The summed E-state index contributed by atoms with van der Waals surface area (Å²) in [7, 11) is 0. The summed E-state index contributed by atoms with van der Waals surface area (Å²) in [6, 6.07) is 14.0. The average Bonchev–Trinajstić information content (AvgIpc) is 2.72. The number of likely N-dealkylation sites (tertiary alicyclic amines) is 1. The first kappa shape index (κ1) is 21.1. The summed E-state index contributed by atoms with van der Waals surface area (Å²) in [6.07, 6.45) is 0.913. The smallest absolute Gasteiger partial charge is 0.410 e. The first-order valence-electron chi connectivity index (χ1n) is 9.61. The maximum atomic E-state index is 12.8. The Kier molecular flexibility index (Phi) is 7.12. The van der Waals surface area contributed by atoms with E-state index in [1.54, 1.807) is 17.0 Å². The van der Waals surface area contributed by atoms with Crippen molar-refractivity contribution < 1.29 is 24.2 Å². The number of carbonyl (C=O) groups excluding carboxylic acids is 1. The van der Waals surface area contributed by atoms with Crippen molar-refractivity contribution in [3.05, 3.63) is 70.2 Å². The molecule has 0 spiro atoms. The van der Waals surface area contributed by atoms with Gasteiger partial charge in [0.15, 0.2) is 0 Å². The molecular weight excluding hydrogens is 394 g/mol. The third-order valence-corrected chi connectivity index (χ3v) is 5.32. The van der Waals surface area contributed by atoms with Gasteiger partial charge >= 0.3 is 12.1 Å². The molecule has 2 unspecified atom stereocenters. The van der Waals surface area contributed by atoms with Crippen LogP contribution in [0.15, 0.2) is 48.5 Å². The second kappa shape index (κ2) is 9.76. The minimum absolute atomic E-state index is 0.0149. The van der Waals surface area contributed by atoms with Crippen LogP contribution in [0.1, 0.15) is 47.3 Å². The lowest BCUT2D eigenvalue weighted by molar-refractivity contribution is -0.0125. The van der Waals surface area contributed by atoms with E-state index < -0.39 is 12.1 Å². The number of ether oxygens (including phenoxy) is 2. The molecule has 1 saturated heterocycles. The predicted octanol–water partition coefficient (Wildman–Crippen LogP) is 4.92. The Hall–Kier alpha value is -2.57. The molecule has 29 heavy (non-hydrogen) atoms. The maximum Gasteiger partial charge on any atom is 0.410 e. The maximum absolute atomic E-state index is 12.8. The van der Waals surface area contributed by atoms with E-state index in [4.69, 9.17) is 21.1 Å². The number of hydrogen-bond donors (Lipinski definition) is 1. The number of halogens is 1. The van der Waals surface area contributed by atoms with Crippen LogP contribution in [0.25, 0.3) is 0 Å². The number of benzene rings is 2. The Balaban J connectivity index is 1.79. The minimum atomic E-state index is -1.09. The van der Waals surface area contributed by atoms with E-state index in [0.29, 0.717) is 26.0 Å². The molecule has 7 heteroatoms. The second-order valence-electron chi connectivity index (χ2n) is 6.90. The van der Waals surface area contributed by atoms with Gasteiger partial charge in [-0.3, -0.25) is 0 Å².